The van der Waals surface area contributed by atoms with Crippen LogP contribution in [0.2, 0.25) is 0 Å². The molecule has 0 N–H and O–H groups in total. The first-order valence-corrected chi connectivity index (χ1v) is 9.67. The van der Waals surface area contributed by atoms with Gasteiger partial charge in [-0.25, -0.2) is 0 Å². The fourth-order valence-electron chi connectivity index (χ4n) is 3.60. The molecule has 2 heterocycles. The number of fused-ring (bicyclic) bond motifs is 1. The highest BCUT2D eigenvalue weighted by Gasteiger charge is 2.30. The summed E-state index contributed by atoms with van der Waals surface area (Å²) in [5, 5.41) is 2.15. The standard InChI is InChI=1S/C20H26N2O2S/c1-4-18-17-9-11-25-19(17)8-10-22(18)20(23)14-21(2)13-15-6-5-7-16(12-15)24-3/h5-7,9,11-12,18H,4,8,10,13-14H2,1-3H3. The first kappa shape index (κ1) is 18.0. The van der Waals surface area contributed by atoms with Crippen LogP contribution in [0.3, 0.4) is 0 Å². The second-order valence-corrected chi connectivity index (χ2v) is 7.58. The zero-order valence-electron chi connectivity index (χ0n) is 15.2. The molecule has 0 saturated carbocycles. The highest BCUT2D eigenvalue weighted by atomic mass is 32.1. The van der Waals surface area contributed by atoms with E-state index in [0.717, 1.165) is 37.2 Å². The predicted octanol–water partition coefficient (Wildman–Crippen LogP) is 3.72. The zero-order valence-corrected chi connectivity index (χ0v) is 16.0. The van der Waals surface area contributed by atoms with Crippen molar-refractivity contribution in [2.45, 2.75) is 32.4 Å². The summed E-state index contributed by atoms with van der Waals surface area (Å²) in [6.07, 6.45) is 1.95. The Kier molecular flexibility index (Phi) is 5.76. The maximum absolute atomic E-state index is 12.9. The SMILES string of the molecule is CCC1c2ccsc2CCN1C(=O)CN(C)Cc1cccc(OC)c1. The minimum Gasteiger partial charge on any atom is -0.497 e. The molecule has 5 heteroatoms. The van der Waals surface area contributed by atoms with E-state index < -0.39 is 0 Å². The molecule has 2 aromatic rings. The molecule has 1 unspecified atom stereocenters. The number of likely N-dealkylation sites (N-methyl/N-ethyl adjacent to an activating group) is 1. The van der Waals surface area contributed by atoms with Crippen LogP contribution in [0.4, 0.5) is 0 Å². The van der Waals surface area contributed by atoms with Crippen LogP contribution in [0.1, 0.15) is 35.4 Å². The fourth-order valence-corrected chi connectivity index (χ4v) is 4.52. The van der Waals surface area contributed by atoms with Crippen molar-refractivity contribution in [2.24, 2.45) is 0 Å². The third-order valence-corrected chi connectivity index (χ3v) is 5.79. The highest BCUT2D eigenvalue weighted by Crippen LogP contribution is 2.35. The zero-order chi connectivity index (χ0) is 17.8. The lowest BCUT2D eigenvalue weighted by molar-refractivity contribution is -0.135. The number of hydrogen-bond acceptors (Lipinski definition) is 4. The van der Waals surface area contributed by atoms with Gasteiger partial charge in [-0.15, -0.1) is 11.3 Å². The Labute approximate surface area is 154 Å². The maximum atomic E-state index is 12.9. The van der Waals surface area contributed by atoms with Crippen molar-refractivity contribution >= 4 is 17.2 Å². The largest absolute Gasteiger partial charge is 0.497 e. The van der Waals surface area contributed by atoms with Crippen LogP contribution in [0, 0.1) is 0 Å². The van der Waals surface area contributed by atoms with E-state index in [1.54, 1.807) is 7.11 Å². The van der Waals surface area contributed by atoms with E-state index in [0.29, 0.717) is 6.54 Å². The Morgan fingerprint density at radius 1 is 1.40 bits per heavy atom. The first-order valence-electron chi connectivity index (χ1n) is 8.79. The van der Waals surface area contributed by atoms with Gasteiger partial charge in [-0.3, -0.25) is 9.69 Å². The van der Waals surface area contributed by atoms with E-state index in [2.05, 4.69) is 34.2 Å². The number of rotatable bonds is 6. The Morgan fingerprint density at radius 2 is 2.24 bits per heavy atom. The van der Waals surface area contributed by atoms with Gasteiger partial charge in [0.1, 0.15) is 5.75 Å². The normalized spacial score (nSPS) is 16.8. The smallest absolute Gasteiger partial charge is 0.237 e. The summed E-state index contributed by atoms with van der Waals surface area (Å²) in [5.74, 6) is 1.07. The quantitative estimate of drug-likeness (QED) is 0.789. The Bertz CT molecular complexity index is 728. The van der Waals surface area contributed by atoms with Crippen LogP contribution in [0.5, 0.6) is 5.75 Å². The predicted molar refractivity (Wildman–Crippen MR) is 102 cm³/mol. The molecule has 1 atom stereocenters. The fraction of sp³-hybridized carbons (Fsp3) is 0.450. The van der Waals surface area contributed by atoms with Crippen LogP contribution in [0.15, 0.2) is 35.7 Å². The van der Waals surface area contributed by atoms with Gasteiger partial charge in [0.2, 0.25) is 5.91 Å². The third kappa shape index (κ3) is 4.05. The van der Waals surface area contributed by atoms with Crippen LogP contribution in [0.25, 0.3) is 0 Å². The van der Waals surface area contributed by atoms with Gasteiger partial charge in [-0.2, -0.15) is 0 Å². The molecule has 0 radical (unpaired) electrons. The number of methoxy groups -OCH3 is 1. The van der Waals surface area contributed by atoms with Gasteiger partial charge < -0.3 is 9.64 Å². The molecule has 1 aliphatic heterocycles. The number of benzene rings is 1. The molecule has 0 aliphatic carbocycles. The second-order valence-electron chi connectivity index (χ2n) is 6.58. The van der Waals surface area contributed by atoms with Gasteiger partial charge in [-0.1, -0.05) is 19.1 Å². The molecule has 4 nitrogen and oxygen atoms in total. The summed E-state index contributed by atoms with van der Waals surface area (Å²) in [7, 11) is 3.67. The summed E-state index contributed by atoms with van der Waals surface area (Å²) in [6, 6.07) is 10.4. The third-order valence-electron chi connectivity index (χ3n) is 4.79. The van der Waals surface area contributed by atoms with Crippen molar-refractivity contribution in [1.82, 2.24) is 9.80 Å². The van der Waals surface area contributed by atoms with Crippen LogP contribution in [-0.2, 0) is 17.8 Å². The van der Waals surface area contributed by atoms with Gasteiger partial charge >= 0.3 is 0 Å². The van der Waals surface area contributed by atoms with Crippen LogP contribution >= 0.6 is 11.3 Å². The molecular formula is C20H26N2O2S. The molecule has 3 rings (SSSR count). The number of carbonyl (C=O) groups excluding carboxylic acids is 1. The van der Waals surface area contributed by atoms with Crippen LogP contribution < -0.4 is 4.74 Å². The summed E-state index contributed by atoms with van der Waals surface area (Å²) in [6.45, 7) is 4.17. The van der Waals surface area contributed by atoms with Crippen molar-refractivity contribution in [3.8, 4) is 5.75 Å². The Hall–Kier alpha value is -1.85. The number of nitrogens with zero attached hydrogens (tertiary/aromatic N) is 2. The number of amides is 1. The van der Waals surface area contributed by atoms with E-state index in [1.807, 2.05) is 36.6 Å². The molecule has 1 amide bonds. The number of hydrogen-bond donors (Lipinski definition) is 0. The van der Waals surface area contributed by atoms with Gasteiger partial charge in [0.15, 0.2) is 0 Å². The average Bonchev–Trinajstić information content (AvgIpc) is 3.09. The van der Waals surface area contributed by atoms with Gasteiger partial charge in [0.05, 0.1) is 19.7 Å². The lowest BCUT2D eigenvalue weighted by atomic mass is 9.97. The second kappa shape index (κ2) is 8.02. The highest BCUT2D eigenvalue weighted by molar-refractivity contribution is 7.10. The molecule has 0 saturated heterocycles. The van der Waals surface area contributed by atoms with Crippen molar-refractivity contribution in [1.29, 1.82) is 0 Å². The minimum absolute atomic E-state index is 0.217. The molecule has 0 spiro atoms. The Balaban J connectivity index is 1.63. The average molecular weight is 359 g/mol. The summed E-state index contributed by atoms with van der Waals surface area (Å²) < 4.78 is 5.27. The topological polar surface area (TPSA) is 32.8 Å². The van der Waals surface area contributed by atoms with E-state index in [4.69, 9.17) is 4.74 Å². The van der Waals surface area contributed by atoms with E-state index in [1.165, 1.54) is 10.4 Å². The first-order chi connectivity index (χ1) is 12.1. The van der Waals surface area contributed by atoms with Crippen LogP contribution in [-0.4, -0.2) is 43.0 Å². The molecule has 0 bridgehead atoms. The molecular weight excluding hydrogens is 332 g/mol. The monoisotopic (exact) mass is 358 g/mol. The molecule has 1 aromatic heterocycles. The Morgan fingerprint density at radius 3 is 3.00 bits per heavy atom. The molecule has 134 valence electrons. The number of carbonyl (C=O) groups is 1. The van der Waals surface area contributed by atoms with Crippen molar-refractivity contribution < 1.29 is 9.53 Å². The summed E-state index contributed by atoms with van der Waals surface area (Å²) >= 11 is 1.82. The minimum atomic E-state index is 0.217. The number of thiophene rings is 1. The molecule has 25 heavy (non-hydrogen) atoms. The van der Waals surface area contributed by atoms with Crippen molar-refractivity contribution in [3.05, 3.63) is 51.7 Å². The van der Waals surface area contributed by atoms with Gasteiger partial charge in [-0.05, 0) is 54.6 Å². The van der Waals surface area contributed by atoms with Crippen molar-refractivity contribution in [3.63, 3.8) is 0 Å². The molecule has 1 aromatic carbocycles. The van der Waals surface area contributed by atoms with E-state index in [-0.39, 0.29) is 11.9 Å². The van der Waals surface area contributed by atoms with E-state index in [9.17, 15) is 4.79 Å². The van der Waals surface area contributed by atoms with Gasteiger partial charge in [0.25, 0.3) is 0 Å². The van der Waals surface area contributed by atoms with Gasteiger partial charge in [0, 0.05) is 18.0 Å². The lowest BCUT2D eigenvalue weighted by Crippen LogP contribution is -2.43. The van der Waals surface area contributed by atoms with E-state index >= 15 is 0 Å². The summed E-state index contributed by atoms with van der Waals surface area (Å²) in [5.41, 5.74) is 2.50. The maximum Gasteiger partial charge on any atom is 0.237 e. The molecule has 1 aliphatic rings. The lowest BCUT2D eigenvalue weighted by Gasteiger charge is -2.36. The molecule has 0 fully saturated rings. The number of ether oxygens (including phenoxy) is 1. The van der Waals surface area contributed by atoms with Crippen molar-refractivity contribution in [2.75, 3.05) is 27.2 Å². The summed E-state index contributed by atoms with van der Waals surface area (Å²) in [4.78, 5) is 18.5.